The van der Waals surface area contributed by atoms with Crippen LogP contribution in [0.2, 0.25) is 0 Å². The molecule has 1 aliphatic carbocycles. The molecule has 3 aromatic rings. The van der Waals surface area contributed by atoms with Crippen molar-refractivity contribution in [3.8, 4) is 10.6 Å². The van der Waals surface area contributed by atoms with Gasteiger partial charge in [-0.2, -0.15) is 0 Å². The highest BCUT2D eigenvalue weighted by Gasteiger charge is 2.35. The number of Topliss-reactive ketones (excluding diaryl/α,β-unsaturated/α-hetero) is 1. The highest BCUT2D eigenvalue weighted by molar-refractivity contribution is 7.14. The molecule has 31 heavy (non-hydrogen) atoms. The van der Waals surface area contributed by atoms with Crippen molar-refractivity contribution >= 4 is 27.9 Å². The fraction of sp³-hybridized carbons (Fsp3) is 0.520. The maximum atomic E-state index is 13.0. The largest absolute Gasteiger partial charge is 0.303 e. The van der Waals surface area contributed by atoms with Gasteiger partial charge in [-0.05, 0) is 68.6 Å². The molecule has 5 nitrogen and oxygen atoms in total. The smallest absolute Gasteiger partial charge is 0.147 e. The molecule has 0 N–H and O–H groups in total. The molecule has 1 aromatic carbocycles. The van der Waals surface area contributed by atoms with Crippen molar-refractivity contribution < 1.29 is 4.79 Å². The van der Waals surface area contributed by atoms with Crippen molar-refractivity contribution in [2.75, 3.05) is 19.6 Å². The second-order valence-electron chi connectivity index (χ2n) is 9.72. The van der Waals surface area contributed by atoms with Gasteiger partial charge in [0, 0.05) is 41.7 Å². The molecule has 0 radical (unpaired) electrons. The summed E-state index contributed by atoms with van der Waals surface area (Å²) in [6.07, 6.45) is 8.40. The summed E-state index contributed by atoms with van der Waals surface area (Å²) in [5.74, 6) is 0.524. The Morgan fingerprint density at radius 3 is 2.65 bits per heavy atom. The van der Waals surface area contributed by atoms with E-state index in [1.165, 1.54) is 25.8 Å². The van der Waals surface area contributed by atoms with Crippen LogP contribution >= 0.6 is 11.3 Å². The van der Waals surface area contributed by atoms with Gasteiger partial charge in [0.1, 0.15) is 15.8 Å². The summed E-state index contributed by atoms with van der Waals surface area (Å²) in [6, 6.07) is 8.33. The SMILES string of the molecule is Cc1nnc(-c2ccc3cnc(CC(=O)C4CCN(CC5(C)CCC5)CC4)cc3c2)s1. The Labute approximate surface area is 187 Å². The van der Waals surface area contributed by atoms with E-state index in [-0.39, 0.29) is 5.92 Å². The van der Waals surface area contributed by atoms with Crippen LogP contribution in [0.4, 0.5) is 0 Å². The molecule has 0 unspecified atom stereocenters. The first-order valence-corrected chi connectivity index (χ1v) is 12.2. The Kier molecular flexibility index (Phi) is 5.61. The Hall–Kier alpha value is -2.18. The quantitative estimate of drug-likeness (QED) is 0.542. The van der Waals surface area contributed by atoms with Gasteiger partial charge < -0.3 is 4.90 Å². The monoisotopic (exact) mass is 434 g/mol. The van der Waals surface area contributed by atoms with E-state index >= 15 is 0 Å². The first kappa shape index (κ1) is 20.7. The zero-order chi connectivity index (χ0) is 21.4. The number of benzene rings is 1. The van der Waals surface area contributed by atoms with Gasteiger partial charge in [0.15, 0.2) is 0 Å². The van der Waals surface area contributed by atoms with Gasteiger partial charge in [0.25, 0.3) is 0 Å². The van der Waals surface area contributed by atoms with E-state index in [0.717, 1.165) is 58.0 Å². The maximum Gasteiger partial charge on any atom is 0.147 e. The minimum atomic E-state index is 0.179. The van der Waals surface area contributed by atoms with E-state index in [4.69, 9.17) is 0 Å². The lowest BCUT2D eigenvalue weighted by Crippen LogP contribution is -2.44. The Morgan fingerprint density at radius 2 is 1.97 bits per heavy atom. The molecule has 5 rings (SSSR count). The minimum Gasteiger partial charge on any atom is -0.303 e. The molecule has 2 aromatic heterocycles. The molecule has 1 saturated carbocycles. The van der Waals surface area contributed by atoms with E-state index in [1.807, 2.05) is 13.1 Å². The van der Waals surface area contributed by atoms with Gasteiger partial charge in [-0.1, -0.05) is 36.8 Å². The summed E-state index contributed by atoms with van der Waals surface area (Å²) in [5, 5.41) is 12.5. The van der Waals surface area contributed by atoms with Crippen molar-refractivity contribution in [3.05, 3.63) is 41.2 Å². The van der Waals surface area contributed by atoms with Gasteiger partial charge in [0.2, 0.25) is 0 Å². The number of pyridine rings is 1. The van der Waals surface area contributed by atoms with Crippen molar-refractivity contribution in [3.63, 3.8) is 0 Å². The molecule has 0 spiro atoms. The predicted molar refractivity (Wildman–Crippen MR) is 125 cm³/mol. The summed E-state index contributed by atoms with van der Waals surface area (Å²) < 4.78 is 0. The summed E-state index contributed by atoms with van der Waals surface area (Å²) in [7, 11) is 0. The number of aryl methyl sites for hydroxylation is 1. The average Bonchev–Trinajstić information content (AvgIpc) is 3.19. The third-order valence-electron chi connectivity index (χ3n) is 7.12. The molecule has 1 saturated heterocycles. The maximum absolute atomic E-state index is 13.0. The Morgan fingerprint density at radius 1 is 1.16 bits per heavy atom. The van der Waals surface area contributed by atoms with E-state index < -0.39 is 0 Å². The van der Waals surface area contributed by atoms with Crippen LogP contribution in [-0.2, 0) is 11.2 Å². The lowest BCUT2D eigenvalue weighted by atomic mass is 9.70. The van der Waals surface area contributed by atoms with Crippen LogP contribution in [0.1, 0.15) is 49.7 Å². The zero-order valence-corrected chi connectivity index (χ0v) is 19.2. The van der Waals surface area contributed by atoms with Crippen LogP contribution in [0, 0.1) is 18.3 Å². The highest BCUT2D eigenvalue weighted by Crippen LogP contribution is 2.41. The molecule has 3 heterocycles. The molecule has 2 fully saturated rings. The number of carbonyl (C=O) groups excluding carboxylic acids is 1. The molecular weight excluding hydrogens is 404 g/mol. The van der Waals surface area contributed by atoms with Crippen LogP contribution in [-0.4, -0.2) is 45.5 Å². The third-order valence-corrected chi connectivity index (χ3v) is 8.00. The summed E-state index contributed by atoms with van der Waals surface area (Å²) in [5.41, 5.74) is 2.46. The lowest BCUT2D eigenvalue weighted by Gasteiger charge is -2.44. The van der Waals surface area contributed by atoms with Crippen LogP contribution < -0.4 is 0 Å². The molecule has 0 bridgehead atoms. The van der Waals surface area contributed by atoms with Crippen molar-refractivity contribution in [2.45, 2.75) is 52.4 Å². The second-order valence-corrected chi connectivity index (χ2v) is 10.9. The lowest BCUT2D eigenvalue weighted by molar-refractivity contribution is -0.123. The minimum absolute atomic E-state index is 0.179. The van der Waals surface area contributed by atoms with Gasteiger partial charge in [-0.25, -0.2) is 0 Å². The number of likely N-dealkylation sites (tertiary alicyclic amines) is 1. The number of carbonyl (C=O) groups is 1. The normalized spacial score (nSPS) is 19.4. The Bertz CT molecular complexity index is 1100. The number of ketones is 1. The number of fused-ring (bicyclic) bond motifs is 1. The van der Waals surface area contributed by atoms with E-state index in [1.54, 1.807) is 11.3 Å². The van der Waals surface area contributed by atoms with Crippen LogP contribution in [0.15, 0.2) is 30.5 Å². The van der Waals surface area contributed by atoms with E-state index in [2.05, 4.69) is 51.3 Å². The van der Waals surface area contributed by atoms with Crippen molar-refractivity contribution in [1.29, 1.82) is 0 Å². The van der Waals surface area contributed by atoms with E-state index in [0.29, 0.717) is 17.6 Å². The first-order valence-electron chi connectivity index (χ1n) is 11.4. The fourth-order valence-electron chi connectivity index (χ4n) is 5.04. The summed E-state index contributed by atoms with van der Waals surface area (Å²) in [6.45, 7) is 7.70. The van der Waals surface area contributed by atoms with E-state index in [9.17, 15) is 4.79 Å². The third kappa shape index (κ3) is 4.55. The number of hydrogen-bond acceptors (Lipinski definition) is 6. The molecule has 2 aliphatic rings. The summed E-state index contributed by atoms with van der Waals surface area (Å²) >= 11 is 1.60. The second kappa shape index (κ2) is 8.40. The zero-order valence-electron chi connectivity index (χ0n) is 18.4. The molecule has 0 amide bonds. The molecular formula is C25H30N4OS. The average molecular weight is 435 g/mol. The topological polar surface area (TPSA) is 59.0 Å². The summed E-state index contributed by atoms with van der Waals surface area (Å²) in [4.78, 5) is 20.1. The number of nitrogens with zero attached hydrogens (tertiary/aromatic N) is 4. The van der Waals surface area contributed by atoms with Crippen molar-refractivity contribution in [1.82, 2.24) is 20.1 Å². The van der Waals surface area contributed by atoms with Gasteiger partial charge in [0.05, 0.1) is 0 Å². The number of piperidine rings is 1. The van der Waals surface area contributed by atoms with Gasteiger partial charge in [-0.3, -0.25) is 9.78 Å². The predicted octanol–water partition coefficient (Wildman–Crippen LogP) is 5.08. The van der Waals surface area contributed by atoms with Gasteiger partial charge >= 0.3 is 0 Å². The fourth-order valence-corrected chi connectivity index (χ4v) is 5.73. The van der Waals surface area contributed by atoms with Crippen LogP contribution in [0.3, 0.4) is 0 Å². The van der Waals surface area contributed by atoms with Crippen LogP contribution in [0.25, 0.3) is 21.3 Å². The molecule has 162 valence electrons. The highest BCUT2D eigenvalue weighted by atomic mass is 32.1. The number of hydrogen-bond donors (Lipinski definition) is 0. The number of rotatable bonds is 6. The number of aromatic nitrogens is 3. The standard InChI is InChI=1S/C25H30N4OS/c1-17-27-28-24(31-17)19-4-5-20-15-26-22(13-21(20)12-19)14-23(30)18-6-10-29(11-7-18)16-25(2)8-3-9-25/h4-5,12-13,15,18H,3,6-11,14,16H2,1-2H3. The molecule has 0 atom stereocenters. The van der Waals surface area contributed by atoms with Gasteiger partial charge in [-0.15, -0.1) is 10.2 Å². The first-order chi connectivity index (χ1) is 15.0. The molecule has 6 heteroatoms. The van der Waals surface area contributed by atoms with Crippen molar-refractivity contribution in [2.24, 2.45) is 11.3 Å². The molecule has 1 aliphatic heterocycles. The Balaban J connectivity index is 1.23. The van der Waals surface area contributed by atoms with Crippen LogP contribution in [0.5, 0.6) is 0 Å².